The SMILES string of the molecule is CCCN1CCN(C(=O)N(C)CC(=O)O)CC1. The van der Waals surface area contributed by atoms with Gasteiger partial charge in [0.05, 0.1) is 0 Å². The van der Waals surface area contributed by atoms with Crippen molar-refractivity contribution < 1.29 is 14.7 Å². The number of carboxylic acids is 1. The van der Waals surface area contributed by atoms with E-state index in [4.69, 9.17) is 5.11 Å². The molecular weight excluding hydrogens is 222 g/mol. The van der Waals surface area contributed by atoms with Crippen molar-refractivity contribution in [2.24, 2.45) is 0 Å². The Balaban J connectivity index is 2.37. The van der Waals surface area contributed by atoms with E-state index in [1.165, 1.54) is 11.9 Å². The van der Waals surface area contributed by atoms with Crippen LogP contribution in [0.4, 0.5) is 4.79 Å². The monoisotopic (exact) mass is 243 g/mol. The first-order valence-corrected chi connectivity index (χ1v) is 5.98. The second-order valence-electron chi connectivity index (χ2n) is 4.36. The molecule has 0 saturated carbocycles. The number of carbonyl (C=O) groups is 2. The van der Waals surface area contributed by atoms with Gasteiger partial charge in [-0.1, -0.05) is 6.92 Å². The number of nitrogens with zero attached hydrogens (tertiary/aromatic N) is 3. The van der Waals surface area contributed by atoms with Crippen molar-refractivity contribution in [3.63, 3.8) is 0 Å². The van der Waals surface area contributed by atoms with Gasteiger partial charge in [0, 0.05) is 33.2 Å². The Bertz CT molecular complexity index is 275. The molecule has 1 aliphatic heterocycles. The number of rotatable bonds is 4. The summed E-state index contributed by atoms with van der Waals surface area (Å²) in [5, 5.41) is 8.62. The van der Waals surface area contributed by atoms with Gasteiger partial charge in [0.2, 0.25) is 0 Å². The third-order valence-electron chi connectivity index (χ3n) is 2.88. The Kier molecular flexibility index (Phi) is 5.21. The summed E-state index contributed by atoms with van der Waals surface area (Å²) in [5.74, 6) is -0.981. The fourth-order valence-electron chi connectivity index (χ4n) is 1.99. The second-order valence-corrected chi connectivity index (χ2v) is 4.36. The number of aliphatic carboxylic acids is 1. The molecule has 1 rings (SSSR count). The third-order valence-corrected chi connectivity index (χ3v) is 2.88. The van der Waals surface area contributed by atoms with Crippen molar-refractivity contribution in [1.82, 2.24) is 14.7 Å². The molecule has 0 aromatic heterocycles. The van der Waals surface area contributed by atoms with E-state index < -0.39 is 5.97 Å². The molecule has 0 radical (unpaired) electrons. The van der Waals surface area contributed by atoms with E-state index in [0.717, 1.165) is 26.1 Å². The summed E-state index contributed by atoms with van der Waals surface area (Å²) in [7, 11) is 1.52. The van der Waals surface area contributed by atoms with Crippen LogP contribution in [-0.4, -0.2) is 78.1 Å². The Morgan fingerprint density at radius 3 is 2.29 bits per heavy atom. The van der Waals surface area contributed by atoms with E-state index in [2.05, 4.69) is 11.8 Å². The molecule has 1 N–H and O–H groups in total. The van der Waals surface area contributed by atoms with Crippen LogP contribution < -0.4 is 0 Å². The quantitative estimate of drug-likeness (QED) is 0.763. The van der Waals surface area contributed by atoms with Crippen LogP contribution in [0.2, 0.25) is 0 Å². The van der Waals surface area contributed by atoms with Gasteiger partial charge in [-0.2, -0.15) is 0 Å². The molecular formula is C11H21N3O3. The maximum absolute atomic E-state index is 11.9. The largest absolute Gasteiger partial charge is 0.480 e. The molecule has 1 aliphatic rings. The van der Waals surface area contributed by atoms with Crippen LogP contribution in [0.5, 0.6) is 0 Å². The fraction of sp³-hybridized carbons (Fsp3) is 0.818. The lowest BCUT2D eigenvalue weighted by Crippen LogP contribution is -2.52. The number of carbonyl (C=O) groups excluding carboxylic acids is 1. The second kappa shape index (κ2) is 6.44. The normalized spacial score (nSPS) is 16.9. The van der Waals surface area contributed by atoms with Crippen molar-refractivity contribution in [3.8, 4) is 0 Å². The molecule has 1 fully saturated rings. The average Bonchev–Trinajstić information content (AvgIpc) is 2.28. The molecule has 1 saturated heterocycles. The average molecular weight is 243 g/mol. The highest BCUT2D eigenvalue weighted by atomic mass is 16.4. The van der Waals surface area contributed by atoms with Gasteiger partial charge in [-0.05, 0) is 13.0 Å². The van der Waals surface area contributed by atoms with E-state index in [-0.39, 0.29) is 12.6 Å². The van der Waals surface area contributed by atoms with Gasteiger partial charge >= 0.3 is 12.0 Å². The summed E-state index contributed by atoms with van der Waals surface area (Å²) in [4.78, 5) is 27.7. The summed E-state index contributed by atoms with van der Waals surface area (Å²) >= 11 is 0. The van der Waals surface area contributed by atoms with Gasteiger partial charge in [0.15, 0.2) is 0 Å². The van der Waals surface area contributed by atoms with Crippen LogP contribution in [0, 0.1) is 0 Å². The molecule has 0 atom stereocenters. The van der Waals surface area contributed by atoms with E-state index >= 15 is 0 Å². The summed E-state index contributed by atoms with van der Waals surface area (Å²) in [6, 6.07) is -0.191. The van der Waals surface area contributed by atoms with Crippen molar-refractivity contribution >= 4 is 12.0 Å². The molecule has 0 aromatic carbocycles. The fourth-order valence-corrected chi connectivity index (χ4v) is 1.99. The van der Waals surface area contributed by atoms with Gasteiger partial charge < -0.3 is 14.9 Å². The van der Waals surface area contributed by atoms with E-state index in [9.17, 15) is 9.59 Å². The zero-order valence-electron chi connectivity index (χ0n) is 10.6. The van der Waals surface area contributed by atoms with E-state index in [1.807, 2.05) is 0 Å². The minimum absolute atomic E-state index is 0.191. The predicted octanol–water partition coefficient (Wildman–Crippen LogP) is 0.150. The number of piperazine rings is 1. The highest BCUT2D eigenvalue weighted by Crippen LogP contribution is 2.05. The Hall–Kier alpha value is -1.30. The van der Waals surface area contributed by atoms with E-state index in [0.29, 0.717) is 13.1 Å². The molecule has 1 heterocycles. The van der Waals surface area contributed by atoms with Gasteiger partial charge in [-0.3, -0.25) is 9.69 Å². The topological polar surface area (TPSA) is 64.1 Å². The molecule has 17 heavy (non-hydrogen) atoms. The van der Waals surface area contributed by atoms with Gasteiger partial charge in [0.25, 0.3) is 0 Å². The highest BCUT2D eigenvalue weighted by molar-refractivity contribution is 5.80. The van der Waals surface area contributed by atoms with Crippen LogP contribution in [-0.2, 0) is 4.79 Å². The number of hydrogen-bond acceptors (Lipinski definition) is 3. The molecule has 98 valence electrons. The number of likely N-dealkylation sites (N-methyl/N-ethyl adjacent to an activating group) is 1. The van der Waals surface area contributed by atoms with Gasteiger partial charge in [-0.25, -0.2) is 4.79 Å². The van der Waals surface area contributed by atoms with Gasteiger partial charge in [0.1, 0.15) is 6.54 Å². The molecule has 6 nitrogen and oxygen atoms in total. The summed E-state index contributed by atoms with van der Waals surface area (Å²) in [5.41, 5.74) is 0. The van der Waals surface area contributed by atoms with E-state index in [1.54, 1.807) is 4.90 Å². The van der Waals surface area contributed by atoms with Crippen molar-refractivity contribution in [2.75, 3.05) is 46.3 Å². The lowest BCUT2D eigenvalue weighted by molar-refractivity contribution is -0.137. The Morgan fingerprint density at radius 1 is 1.24 bits per heavy atom. The molecule has 0 bridgehead atoms. The summed E-state index contributed by atoms with van der Waals surface area (Å²) < 4.78 is 0. The Labute approximate surface area is 102 Å². The van der Waals surface area contributed by atoms with Crippen molar-refractivity contribution in [2.45, 2.75) is 13.3 Å². The first-order chi connectivity index (χ1) is 8.04. The van der Waals surface area contributed by atoms with Crippen LogP contribution in [0.25, 0.3) is 0 Å². The first-order valence-electron chi connectivity index (χ1n) is 5.98. The number of carboxylic acid groups (broad SMARTS) is 1. The van der Waals surface area contributed by atoms with Gasteiger partial charge in [-0.15, -0.1) is 0 Å². The van der Waals surface area contributed by atoms with Crippen LogP contribution in [0.1, 0.15) is 13.3 Å². The smallest absolute Gasteiger partial charge is 0.323 e. The lowest BCUT2D eigenvalue weighted by Gasteiger charge is -2.36. The molecule has 0 spiro atoms. The third kappa shape index (κ3) is 4.22. The lowest BCUT2D eigenvalue weighted by atomic mass is 10.3. The van der Waals surface area contributed by atoms with Crippen LogP contribution in [0.3, 0.4) is 0 Å². The first kappa shape index (κ1) is 13.8. The zero-order valence-corrected chi connectivity index (χ0v) is 10.6. The molecule has 2 amide bonds. The summed E-state index contributed by atoms with van der Waals surface area (Å²) in [6.07, 6.45) is 1.12. The standard InChI is InChI=1S/C11H21N3O3/c1-3-4-13-5-7-14(8-6-13)11(17)12(2)9-10(15)16/h3-9H2,1-2H3,(H,15,16). The molecule has 0 aromatic rings. The van der Waals surface area contributed by atoms with Crippen LogP contribution >= 0.6 is 0 Å². The minimum Gasteiger partial charge on any atom is -0.480 e. The van der Waals surface area contributed by atoms with Crippen LogP contribution in [0.15, 0.2) is 0 Å². The zero-order chi connectivity index (χ0) is 12.8. The maximum atomic E-state index is 11.9. The molecule has 0 unspecified atom stereocenters. The number of hydrogen-bond donors (Lipinski definition) is 1. The predicted molar refractivity (Wildman–Crippen MR) is 64.0 cm³/mol. The number of amides is 2. The molecule has 0 aliphatic carbocycles. The number of urea groups is 1. The maximum Gasteiger partial charge on any atom is 0.323 e. The van der Waals surface area contributed by atoms with Crippen molar-refractivity contribution in [3.05, 3.63) is 0 Å². The van der Waals surface area contributed by atoms with Crippen molar-refractivity contribution in [1.29, 1.82) is 0 Å². The Morgan fingerprint density at radius 2 is 1.82 bits per heavy atom. The highest BCUT2D eigenvalue weighted by Gasteiger charge is 2.23. The molecule has 6 heteroatoms. The summed E-state index contributed by atoms with van der Waals surface area (Å²) in [6.45, 7) is 6.08. The minimum atomic E-state index is -0.981.